The van der Waals surface area contributed by atoms with Crippen molar-refractivity contribution in [3.8, 4) is 0 Å². The predicted octanol–water partition coefficient (Wildman–Crippen LogP) is 2.22. The number of nitrogens with one attached hydrogen (secondary N) is 1. The summed E-state index contributed by atoms with van der Waals surface area (Å²) in [4.78, 5) is 39.3. The standard InChI is InChI=1S/C19H25F3N4O3/c1-2-3-8-15(24-18(23)29)17(28)26-11-9-25(10-12-26)16(27)13-6-4-5-7-14(13)19(20,21)22/h4-7,15H,2-3,8-12H2,1H3,(H3,23,24,29). The van der Waals surface area contributed by atoms with Gasteiger partial charge in [0.2, 0.25) is 5.91 Å². The van der Waals surface area contributed by atoms with Crippen molar-refractivity contribution in [3.63, 3.8) is 0 Å². The zero-order valence-corrected chi connectivity index (χ0v) is 16.2. The lowest BCUT2D eigenvalue weighted by atomic mass is 10.0. The molecule has 0 bridgehead atoms. The van der Waals surface area contributed by atoms with Gasteiger partial charge in [-0.3, -0.25) is 9.59 Å². The van der Waals surface area contributed by atoms with Gasteiger partial charge < -0.3 is 20.9 Å². The van der Waals surface area contributed by atoms with Crippen LogP contribution in [0.4, 0.5) is 18.0 Å². The van der Waals surface area contributed by atoms with E-state index in [4.69, 9.17) is 5.73 Å². The highest BCUT2D eigenvalue weighted by atomic mass is 19.4. The summed E-state index contributed by atoms with van der Waals surface area (Å²) in [5.41, 5.74) is 3.76. The minimum atomic E-state index is -4.63. The Morgan fingerprint density at radius 1 is 1.10 bits per heavy atom. The lowest BCUT2D eigenvalue weighted by Crippen LogP contribution is -2.56. The average molecular weight is 414 g/mol. The zero-order chi connectivity index (χ0) is 21.6. The second-order valence-corrected chi connectivity index (χ2v) is 6.86. The number of hydrogen-bond acceptors (Lipinski definition) is 3. The van der Waals surface area contributed by atoms with Crippen LogP contribution in [-0.2, 0) is 11.0 Å². The van der Waals surface area contributed by atoms with Gasteiger partial charge in [0.15, 0.2) is 0 Å². The Labute approximate surface area is 167 Å². The van der Waals surface area contributed by atoms with Crippen molar-refractivity contribution in [2.75, 3.05) is 26.2 Å². The van der Waals surface area contributed by atoms with Gasteiger partial charge in [-0.1, -0.05) is 31.9 Å². The quantitative estimate of drug-likeness (QED) is 0.747. The van der Waals surface area contributed by atoms with Crippen molar-refractivity contribution in [2.45, 2.75) is 38.4 Å². The van der Waals surface area contributed by atoms with Crippen molar-refractivity contribution >= 4 is 17.8 Å². The highest BCUT2D eigenvalue weighted by Gasteiger charge is 2.37. The minimum Gasteiger partial charge on any atom is -0.352 e. The average Bonchev–Trinajstić information content (AvgIpc) is 2.69. The highest BCUT2D eigenvalue weighted by molar-refractivity contribution is 5.96. The summed E-state index contributed by atoms with van der Waals surface area (Å²) >= 11 is 0. The zero-order valence-electron chi connectivity index (χ0n) is 16.2. The molecule has 0 spiro atoms. The van der Waals surface area contributed by atoms with Crippen LogP contribution in [0.2, 0.25) is 0 Å². The molecule has 3 N–H and O–H groups in total. The van der Waals surface area contributed by atoms with E-state index in [1.165, 1.54) is 21.9 Å². The normalized spacial score (nSPS) is 15.7. The van der Waals surface area contributed by atoms with Crippen LogP contribution >= 0.6 is 0 Å². The minimum absolute atomic E-state index is 0.105. The Balaban J connectivity index is 2.04. The molecule has 1 heterocycles. The van der Waals surface area contributed by atoms with E-state index in [0.717, 1.165) is 25.0 Å². The molecule has 0 saturated carbocycles. The molecule has 1 fully saturated rings. The number of alkyl halides is 3. The number of carbonyl (C=O) groups excluding carboxylic acids is 3. The summed E-state index contributed by atoms with van der Waals surface area (Å²) in [6, 6.07) is 3.10. The van der Waals surface area contributed by atoms with Crippen LogP contribution in [0.1, 0.15) is 42.1 Å². The number of carbonyl (C=O) groups is 3. The maximum atomic E-state index is 13.2. The molecule has 1 unspecified atom stereocenters. The van der Waals surface area contributed by atoms with E-state index in [1.54, 1.807) is 0 Å². The summed E-state index contributed by atoms with van der Waals surface area (Å²) in [5.74, 6) is -1.03. The Morgan fingerprint density at radius 3 is 2.24 bits per heavy atom. The molecule has 29 heavy (non-hydrogen) atoms. The Bertz CT molecular complexity index is 746. The Morgan fingerprint density at radius 2 is 1.69 bits per heavy atom. The van der Waals surface area contributed by atoms with Crippen LogP contribution in [0, 0.1) is 0 Å². The summed E-state index contributed by atoms with van der Waals surface area (Å²) in [6.07, 6.45) is -2.62. The van der Waals surface area contributed by atoms with Crippen molar-refractivity contribution in [1.29, 1.82) is 0 Å². The van der Waals surface area contributed by atoms with Crippen LogP contribution < -0.4 is 11.1 Å². The lowest BCUT2D eigenvalue weighted by molar-refractivity contribution is -0.138. The van der Waals surface area contributed by atoms with Crippen molar-refractivity contribution in [1.82, 2.24) is 15.1 Å². The van der Waals surface area contributed by atoms with E-state index in [-0.39, 0.29) is 32.1 Å². The molecule has 0 aromatic heterocycles. The molecule has 2 rings (SSSR count). The van der Waals surface area contributed by atoms with Gasteiger partial charge in [-0.05, 0) is 18.6 Å². The molecule has 160 valence electrons. The Kier molecular flexibility index (Phi) is 7.46. The molecule has 1 saturated heterocycles. The number of halogens is 3. The Hall–Kier alpha value is -2.78. The van der Waals surface area contributed by atoms with Crippen LogP contribution in [0.5, 0.6) is 0 Å². The number of benzene rings is 1. The van der Waals surface area contributed by atoms with E-state index < -0.39 is 35.3 Å². The fourth-order valence-electron chi connectivity index (χ4n) is 3.27. The molecule has 0 radical (unpaired) electrons. The topological polar surface area (TPSA) is 95.7 Å². The third kappa shape index (κ3) is 5.85. The molecule has 4 amide bonds. The monoisotopic (exact) mass is 414 g/mol. The van der Waals surface area contributed by atoms with Crippen LogP contribution in [0.25, 0.3) is 0 Å². The maximum Gasteiger partial charge on any atom is 0.417 e. The highest BCUT2D eigenvalue weighted by Crippen LogP contribution is 2.32. The van der Waals surface area contributed by atoms with E-state index in [0.29, 0.717) is 6.42 Å². The first-order valence-corrected chi connectivity index (χ1v) is 9.45. The summed E-state index contributed by atoms with van der Waals surface area (Å²) in [7, 11) is 0. The number of nitrogens with two attached hydrogens (primary N) is 1. The molecule has 1 aromatic carbocycles. The van der Waals surface area contributed by atoms with Gasteiger partial charge in [-0.15, -0.1) is 0 Å². The first kappa shape index (κ1) is 22.5. The molecule has 0 aliphatic carbocycles. The summed E-state index contributed by atoms with van der Waals surface area (Å²) < 4.78 is 39.5. The van der Waals surface area contributed by atoms with Gasteiger partial charge in [0.05, 0.1) is 11.1 Å². The fourth-order valence-corrected chi connectivity index (χ4v) is 3.27. The van der Waals surface area contributed by atoms with Gasteiger partial charge in [0.25, 0.3) is 5.91 Å². The number of nitrogens with zero attached hydrogens (tertiary/aromatic N) is 2. The third-order valence-corrected chi connectivity index (χ3v) is 4.80. The molecule has 1 atom stereocenters. The number of hydrogen-bond donors (Lipinski definition) is 2. The van der Waals surface area contributed by atoms with Crippen molar-refractivity contribution in [3.05, 3.63) is 35.4 Å². The molecule has 1 aliphatic heterocycles. The van der Waals surface area contributed by atoms with Crippen molar-refractivity contribution in [2.24, 2.45) is 5.73 Å². The molecule has 1 aromatic rings. The number of amides is 4. The number of piperazine rings is 1. The third-order valence-electron chi connectivity index (χ3n) is 4.80. The van der Waals surface area contributed by atoms with Crippen LogP contribution in [-0.4, -0.2) is 59.9 Å². The molecule has 7 nitrogen and oxygen atoms in total. The fraction of sp³-hybridized carbons (Fsp3) is 0.526. The summed E-state index contributed by atoms with van der Waals surface area (Å²) in [5, 5.41) is 2.44. The first-order chi connectivity index (χ1) is 13.6. The van der Waals surface area contributed by atoms with Crippen LogP contribution in [0.3, 0.4) is 0 Å². The second kappa shape index (κ2) is 9.62. The SMILES string of the molecule is CCCCC(NC(N)=O)C(=O)N1CCN(C(=O)c2ccccc2C(F)(F)F)CC1. The van der Waals surface area contributed by atoms with Gasteiger partial charge in [0, 0.05) is 26.2 Å². The van der Waals surface area contributed by atoms with Gasteiger partial charge >= 0.3 is 12.2 Å². The van der Waals surface area contributed by atoms with Crippen molar-refractivity contribution < 1.29 is 27.6 Å². The first-order valence-electron chi connectivity index (χ1n) is 9.45. The molecular weight excluding hydrogens is 389 g/mol. The summed E-state index contributed by atoms with van der Waals surface area (Å²) in [6.45, 7) is 2.50. The van der Waals surface area contributed by atoms with Gasteiger partial charge in [0.1, 0.15) is 6.04 Å². The number of unbranched alkanes of at least 4 members (excludes halogenated alkanes) is 1. The number of urea groups is 1. The maximum absolute atomic E-state index is 13.2. The van der Waals surface area contributed by atoms with Gasteiger partial charge in [-0.25, -0.2) is 4.79 Å². The molecule has 10 heteroatoms. The van der Waals surface area contributed by atoms with E-state index in [2.05, 4.69) is 5.32 Å². The predicted molar refractivity (Wildman–Crippen MR) is 100.0 cm³/mol. The smallest absolute Gasteiger partial charge is 0.352 e. The number of rotatable bonds is 6. The van der Waals surface area contributed by atoms with E-state index in [9.17, 15) is 27.6 Å². The molecular formula is C19H25F3N4O3. The second-order valence-electron chi connectivity index (χ2n) is 6.86. The number of primary amides is 1. The lowest BCUT2D eigenvalue weighted by Gasteiger charge is -2.36. The molecule has 1 aliphatic rings. The van der Waals surface area contributed by atoms with Gasteiger partial charge in [-0.2, -0.15) is 13.2 Å². The van der Waals surface area contributed by atoms with E-state index in [1.807, 2.05) is 6.92 Å². The largest absolute Gasteiger partial charge is 0.417 e. The van der Waals surface area contributed by atoms with E-state index >= 15 is 0 Å². The van der Waals surface area contributed by atoms with Crippen LogP contribution in [0.15, 0.2) is 24.3 Å².